The molecule has 0 bridgehead atoms. The Hall–Kier alpha value is -0.850. The zero-order valence-corrected chi connectivity index (χ0v) is 12.6. The first-order valence-corrected chi connectivity index (χ1v) is 8.16. The molecule has 19 heavy (non-hydrogen) atoms. The predicted octanol–water partition coefficient (Wildman–Crippen LogP) is 2.24. The van der Waals surface area contributed by atoms with Crippen molar-refractivity contribution in [3.63, 3.8) is 0 Å². The van der Waals surface area contributed by atoms with E-state index in [0.717, 1.165) is 12.8 Å². The molecule has 1 aliphatic rings. The molecule has 1 atom stereocenters. The van der Waals surface area contributed by atoms with Gasteiger partial charge in [0, 0.05) is 19.3 Å². The largest absolute Gasteiger partial charge is 0.372 e. The molecule has 0 amide bonds. The maximum Gasteiger partial charge on any atom is 0.242 e. The number of hydrogen-bond donors (Lipinski definition) is 2. The lowest BCUT2D eigenvalue weighted by Crippen LogP contribution is -2.40. The number of anilines is 1. The van der Waals surface area contributed by atoms with Crippen LogP contribution in [-0.4, -0.2) is 26.5 Å². The third-order valence-corrected chi connectivity index (χ3v) is 5.38. The van der Waals surface area contributed by atoms with Gasteiger partial charge in [0.1, 0.15) is 10.7 Å². The molecule has 1 aliphatic carbocycles. The highest BCUT2D eigenvalue weighted by molar-refractivity contribution is 7.89. The minimum atomic E-state index is -3.55. The average molecular weight is 304 g/mol. The maximum absolute atomic E-state index is 12.2. The van der Waals surface area contributed by atoms with Gasteiger partial charge in [-0.05, 0) is 31.7 Å². The Morgan fingerprint density at radius 3 is 2.63 bits per heavy atom. The Labute approximate surface area is 118 Å². The molecule has 5 nitrogen and oxygen atoms in total. The van der Waals surface area contributed by atoms with Crippen LogP contribution in [0.5, 0.6) is 0 Å². The van der Waals surface area contributed by atoms with Crippen molar-refractivity contribution in [2.75, 3.05) is 12.4 Å². The van der Waals surface area contributed by atoms with Gasteiger partial charge in [-0.25, -0.2) is 18.1 Å². The molecule has 1 heterocycles. The van der Waals surface area contributed by atoms with Crippen molar-refractivity contribution in [1.82, 2.24) is 9.71 Å². The molecule has 0 saturated heterocycles. The fourth-order valence-corrected chi connectivity index (χ4v) is 3.71. The molecule has 2 rings (SSSR count). The molecule has 0 radical (unpaired) electrons. The Morgan fingerprint density at radius 2 is 2.16 bits per heavy atom. The van der Waals surface area contributed by atoms with E-state index in [1.54, 1.807) is 7.05 Å². The van der Waals surface area contributed by atoms with Crippen LogP contribution in [-0.2, 0) is 10.0 Å². The fraction of sp³-hybridized carbons (Fsp3) is 0.583. The number of nitrogens with zero attached hydrogens (tertiary/aromatic N) is 1. The SMILES string of the molecule is CNc1ncc(S(=O)(=O)NC(C)C2CCC2)cc1Cl. The predicted molar refractivity (Wildman–Crippen MR) is 75.9 cm³/mol. The Balaban J connectivity index is 2.16. The second-order valence-corrected chi connectivity index (χ2v) is 6.97. The van der Waals surface area contributed by atoms with Crippen molar-refractivity contribution >= 4 is 27.4 Å². The summed E-state index contributed by atoms with van der Waals surface area (Å²) in [5, 5.41) is 3.09. The topological polar surface area (TPSA) is 71.1 Å². The van der Waals surface area contributed by atoms with Gasteiger partial charge in [-0.3, -0.25) is 0 Å². The van der Waals surface area contributed by atoms with Crippen LogP contribution in [0.4, 0.5) is 5.82 Å². The van der Waals surface area contributed by atoms with E-state index < -0.39 is 10.0 Å². The highest BCUT2D eigenvalue weighted by atomic mass is 35.5. The molecule has 0 aliphatic heterocycles. The molecular formula is C12H18ClN3O2S. The summed E-state index contributed by atoms with van der Waals surface area (Å²) < 4.78 is 27.1. The summed E-state index contributed by atoms with van der Waals surface area (Å²) in [6, 6.07) is 1.36. The van der Waals surface area contributed by atoms with E-state index in [9.17, 15) is 8.42 Å². The van der Waals surface area contributed by atoms with Gasteiger partial charge in [-0.15, -0.1) is 0 Å². The first-order chi connectivity index (χ1) is 8.94. The molecule has 0 spiro atoms. The van der Waals surface area contributed by atoms with E-state index in [2.05, 4.69) is 15.0 Å². The summed E-state index contributed by atoms with van der Waals surface area (Å²) in [6.07, 6.45) is 4.66. The molecule has 7 heteroatoms. The zero-order chi connectivity index (χ0) is 14.0. The number of aromatic nitrogens is 1. The summed E-state index contributed by atoms with van der Waals surface area (Å²) in [5.41, 5.74) is 0. The van der Waals surface area contributed by atoms with Crippen LogP contribution in [0, 0.1) is 5.92 Å². The number of pyridine rings is 1. The number of hydrogen-bond acceptors (Lipinski definition) is 4. The van der Waals surface area contributed by atoms with Gasteiger partial charge < -0.3 is 5.32 Å². The van der Waals surface area contributed by atoms with Gasteiger partial charge in [0.25, 0.3) is 0 Å². The lowest BCUT2D eigenvalue weighted by Gasteiger charge is -2.31. The van der Waals surface area contributed by atoms with Gasteiger partial charge in [0.15, 0.2) is 0 Å². The second kappa shape index (κ2) is 5.64. The molecule has 1 fully saturated rings. The lowest BCUT2D eigenvalue weighted by atomic mass is 9.81. The summed E-state index contributed by atoms with van der Waals surface area (Å²) in [6.45, 7) is 1.90. The van der Waals surface area contributed by atoms with E-state index in [0.29, 0.717) is 16.8 Å². The van der Waals surface area contributed by atoms with Crippen molar-refractivity contribution in [1.29, 1.82) is 0 Å². The summed E-state index contributed by atoms with van der Waals surface area (Å²) in [4.78, 5) is 4.09. The van der Waals surface area contributed by atoms with E-state index >= 15 is 0 Å². The van der Waals surface area contributed by atoms with Gasteiger partial charge >= 0.3 is 0 Å². The fourth-order valence-electron chi connectivity index (χ4n) is 2.10. The lowest BCUT2D eigenvalue weighted by molar-refractivity contribution is 0.260. The van der Waals surface area contributed by atoms with E-state index in [1.165, 1.54) is 18.7 Å². The smallest absolute Gasteiger partial charge is 0.242 e. The number of rotatable bonds is 5. The molecule has 106 valence electrons. The summed E-state index contributed by atoms with van der Waals surface area (Å²) >= 11 is 5.96. The van der Waals surface area contributed by atoms with Crippen molar-refractivity contribution in [2.24, 2.45) is 5.92 Å². The third kappa shape index (κ3) is 3.19. The average Bonchev–Trinajstić information content (AvgIpc) is 2.25. The quantitative estimate of drug-likeness (QED) is 0.875. The van der Waals surface area contributed by atoms with E-state index in [-0.39, 0.29) is 10.9 Å². The monoisotopic (exact) mass is 303 g/mol. The molecule has 1 unspecified atom stereocenters. The second-order valence-electron chi connectivity index (χ2n) is 4.85. The van der Waals surface area contributed by atoms with Crippen LogP contribution in [0.25, 0.3) is 0 Å². The summed E-state index contributed by atoms with van der Waals surface area (Å²) in [5.74, 6) is 0.905. The van der Waals surface area contributed by atoms with Crippen LogP contribution in [0.1, 0.15) is 26.2 Å². The molecule has 1 aromatic rings. The van der Waals surface area contributed by atoms with Crippen molar-refractivity contribution in [2.45, 2.75) is 37.1 Å². The summed E-state index contributed by atoms with van der Waals surface area (Å²) in [7, 11) is -1.87. The molecule has 0 aromatic carbocycles. The Morgan fingerprint density at radius 1 is 1.47 bits per heavy atom. The van der Waals surface area contributed by atoms with E-state index in [4.69, 9.17) is 11.6 Å². The number of nitrogens with one attached hydrogen (secondary N) is 2. The zero-order valence-electron chi connectivity index (χ0n) is 11.0. The first-order valence-electron chi connectivity index (χ1n) is 6.29. The van der Waals surface area contributed by atoms with Crippen molar-refractivity contribution in [3.8, 4) is 0 Å². The van der Waals surface area contributed by atoms with Crippen LogP contribution < -0.4 is 10.0 Å². The van der Waals surface area contributed by atoms with Gasteiger partial charge in [-0.2, -0.15) is 0 Å². The molecular weight excluding hydrogens is 286 g/mol. The van der Waals surface area contributed by atoms with Gasteiger partial charge in [0.05, 0.1) is 5.02 Å². The van der Waals surface area contributed by atoms with Gasteiger partial charge in [-0.1, -0.05) is 18.0 Å². The third-order valence-electron chi connectivity index (χ3n) is 3.56. The minimum absolute atomic E-state index is 0.0542. The standard InChI is InChI=1S/C12H18ClN3O2S/c1-8(9-4-3-5-9)16-19(17,18)10-6-11(13)12(14-2)15-7-10/h6-9,16H,3-5H2,1-2H3,(H,14,15). The van der Waals surface area contributed by atoms with Crippen molar-refractivity contribution in [3.05, 3.63) is 17.3 Å². The molecule has 1 aromatic heterocycles. The van der Waals surface area contributed by atoms with Crippen LogP contribution in [0.15, 0.2) is 17.2 Å². The number of halogens is 1. The normalized spacial score (nSPS) is 17.8. The first kappa shape index (κ1) is 14.6. The minimum Gasteiger partial charge on any atom is -0.372 e. The van der Waals surface area contributed by atoms with Crippen molar-refractivity contribution < 1.29 is 8.42 Å². The molecule has 2 N–H and O–H groups in total. The van der Waals surface area contributed by atoms with E-state index in [1.807, 2.05) is 6.92 Å². The number of sulfonamides is 1. The van der Waals surface area contributed by atoms with Crippen LogP contribution >= 0.6 is 11.6 Å². The molecule has 1 saturated carbocycles. The highest BCUT2D eigenvalue weighted by Crippen LogP contribution is 2.30. The van der Waals surface area contributed by atoms with Gasteiger partial charge in [0.2, 0.25) is 10.0 Å². The Kier molecular flexibility index (Phi) is 4.32. The highest BCUT2D eigenvalue weighted by Gasteiger charge is 2.28. The Bertz CT molecular complexity index is 558. The van der Waals surface area contributed by atoms with Crippen LogP contribution in [0.2, 0.25) is 5.02 Å². The van der Waals surface area contributed by atoms with Crippen LogP contribution in [0.3, 0.4) is 0 Å². The maximum atomic E-state index is 12.2.